The van der Waals surface area contributed by atoms with Gasteiger partial charge in [-0.3, -0.25) is 9.59 Å². The number of hydrogen-bond acceptors (Lipinski definition) is 3. The minimum Gasteiger partial charge on any atom is -0.508 e. The molecule has 0 spiro atoms. The van der Waals surface area contributed by atoms with Gasteiger partial charge in [-0.25, -0.2) is 9.29 Å². The number of phenolic OH excluding ortho intramolecular Hbond substituents is 1. The van der Waals surface area contributed by atoms with Crippen LogP contribution >= 0.6 is 11.6 Å². The van der Waals surface area contributed by atoms with E-state index in [1.165, 1.54) is 12.1 Å². The summed E-state index contributed by atoms with van der Waals surface area (Å²) in [6.45, 7) is 7.48. The van der Waals surface area contributed by atoms with E-state index in [1.54, 1.807) is 32.1 Å². The molecule has 2 aromatic carbocycles. The Labute approximate surface area is 179 Å². The van der Waals surface area contributed by atoms with Gasteiger partial charge in [0.05, 0.1) is 22.0 Å². The highest BCUT2D eigenvalue weighted by Crippen LogP contribution is 2.57. The lowest BCUT2D eigenvalue weighted by molar-refractivity contribution is -0.127. The number of anilines is 1. The van der Waals surface area contributed by atoms with Crippen LogP contribution in [-0.4, -0.2) is 16.9 Å². The molecule has 1 N–H and O–H groups in total. The summed E-state index contributed by atoms with van der Waals surface area (Å²) in [6, 6.07) is 9.04. The normalized spacial score (nSPS) is 25.9. The Hall–Kier alpha value is -2.92. The van der Waals surface area contributed by atoms with Crippen LogP contribution in [0.25, 0.3) is 0 Å². The van der Waals surface area contributed by atoms with E-state index in [0.29, 0.717) is 12.0 Å². The van der Waals surface area contributed by atoms with Crippen molar-refractivity contribution >= 4 is 29.1 Å². The van der Waals surface area contributed by atoms with E-state index >= 15 is 0 Å². The summed E-state index contributed by atoms with van der Waals surface area (Å²) in [4.78, 5) is 28.2. The number of benzene rings is 2. The van der Waals surface area contributed by atoms with Gasteiger partial charge >= 0.3 is 0 Å². The summed E-state index contributed by atoms with van der Waals surface area (Å²) in [5.41, 5.74) is 1.57. The van der Waals surface area contributed by atoms with Gasteiger partial charge in [-0.1, -0.05) is 42.5 Å². The van der Waals surface area contributed by atoms with E-state index in [-0.39, 0.29) is 28.3 Å². The van der Waals surface area contributed by atoms with Gasteiger partial charge in [0, 0.05) is 5.92 Å². The smallest absolute Gasteiger partial charge is 0.241 e. The molecule has 2 aromatic rings. The molecule has 1 saturated heterocycles. The van der Waals surface area contributed by atoms with Crippen LogP contribution in [0.4, 0.5) is 10.1 Å². The third kappa shape index (κ3) is 2.80. The number of fused-ring (bicyclic) bond motifs is 1. The second-order valence-corrected chi connectivity index (χ2v) is 8.44. The molecular weight excluding hydrogens is 405 g/mol. The number of imide groups is 1. The lowest BCUT2D eigenvalue weighted by Gasteiger charge is -2.40. The topological polar surface area (TPSA) is 57.6 Å². The van der Waals surface area contributed by atoms with Crippen molar-refractivity contribution in [3.8, 4) is 5.75 Å². The lowest BCUT2D eigenvalue weighted by Crippen LogP contribution is -2.41. The average Bonchev–Trinajstić information content (AvgIpc) is 2.91. The monoisotopic (exact) mass is 425 g/mol. The fraction of sp³-hybridized carbons (Fsp3) is 0.250. The van der Waals surface area contributed by atoms with E-state index in [9.17, 15) is 19.1 Å². The van der Waals surface area contributed by atoms with Crippen LogP contribution < -0.4 is 4.90 Å². The molecule has 3 atom stereocenters. The SMILES string of the molecule is C=CC1=CC[C@H]2C(=O)N(c3ccc(F)c(Cl)c3)C(=O)[C@@]2(C)[C@H]1c1ccc(O)c(C)c1. The number of rotatable bonds is 3. The first-order valence-corrected chi connectivity index (χ1v) is 10.0. The molecule has 1 heterocycles. The number of nitrogens with zero attached hydrogens (tertiary/aromatic N) is 1. The van der Waals surface area contributed by atoms with E-state index in [0.717, 1.165) is 22.1 Å². The van der Waals surface area contributed by atoms with Crippen molar-refractivity contribution < 1.29 is 19.1 Å². The molecular formula is C24H21ClFNO3. The highest BCUT2D eigenvalue weighted by Gasteiger charge is 2.62. The molecule has 1 aliphatic heterocycles. The Morgan fingerprint density at radius 2 is 2.00 bits per heavy atom. The second-order valence-electron chi connectivity index (χ2n) is 8.04. The fourth-order valence-corrected chi connectivity index (χ4v) is 4.93. The van der Waals surface area contributed by atoms with Gasteiger partial charge in [-0.15, -0.1) is 0 Å². The molecule has 30 heavy (non-hydrogen) atoms. The summed E-state index contributed by atoms with van der Waals surface area (Å²) in [5, 5.41) is 9.79. The number of allylic oxidation sites excluding steroid dienone is 3. The number of aryl methyl sites for hydroxylation is 1. The number of amides is 2. The standard InChI is InChI=1S/C24H21ClFNO3/c1-4-14-5-8-17-22(29)27(16-7-9-19(26)18(25)12-16)23(30)24(17,3)21(14)15-6-10-20(28)13(2)11-15/h4-7,9-12,17,21,28H,1,8H2,2-3H3/t17-,21+,24+/m0/s1. The first kappa shape index (κ1) is 20.4. The first-order chi connectivity index (χ1) is 14.2. The Kier molecular flexibility index (Phi) is 4.82. The van der Waals surface area contributed by atoms with E-state index in [1.807, 2.05) is 12.1 Å². The van der Waals surface area contributed by atoms with Gasteiger partial charge < -0.3 is 5.11 Å². The zero-order valence-electron chi connectivity index (χ0n) is 16.7. The zero-order chi connectivity index (χ0) is 21.8. The molecule has 0 bridgehead atoms. The highest BCUT2D eigenvalue weighted by atomic mass is 35.5. The summed E-state index contributed by atoms with van der Waals surface area (Å²) in [6.07, 6.45) is 4.06. The van der Waals surface area contributed by atoms with Crippen molar-refractivity contribution in [2.45, 2.75) is 26.2 Å². The number of phenols is 1. The summed E-state index contributed by atoms with van der Waals surface area (Å²) in [7, 11) is 0. The maximum Gasteiger partial charge on any atom is 0.241 e. The molecule has 154 valence electrons. The van der Waals surface area contributed by atoms with Gasteiger partial charge in [0.15, 0.2) is 0 Å². The molecule has 0 aromatic heterocycles. The van der Waals surface area contributed by atoms with Crippen LogP contribution in [0.3, 0.4) is 0 Å². The van der Waals surface area contributed by atoms with Gasteiger partial charge in [-0.05, 0) is 61.2 Å². The van der Waals surface area contributed by atoms with Gasteiger partial charge in [0.25, 0.3) is 0 Å². The molecule has 6 heteroatoms. The van der Waals surface area contributed by atoms with Crippen molar-refractivity contribution in [3.63, 3.8) is 0 Å². The third-order valence-corrected chi connectivity index (χ3v) is 6.67. The van der Waals surface area contributed by atoms with Crippen LogP contribution in [0.1, 0.15) is 30.4 Å². The molecule has 2 aliphatic rings. The maximum atomic E-state index is 13.7. The lowest BCUT2D eigenvalue weighted by atomic mass is 9.60. The third-order valence-electron chi connectivity index (χ3n) is 6.38. The predicted octanol–water partition coefficient (Wildman–Crippen LogP) is 5.29. The summed E-state index contributed by atoms with van der Waals surface area (Å²) in [5.74, 6) is -2.12. The van der Waals surface area contributed by atoms with E-state index in [2.05, 4.69) is 6.58 Å². The van der Waals surface area contributed by atoms with E-state index < -0.39 is 23.1 Å². The molecule has 0 saturated carbocycles. The molecule has 4 rings (SSSR count). The van der Waals surface area contributed by atoms with Crippen molar-refractivity contribution in [2.75, 3.05) is 4.90 Å². The Balaban J connectivity index is 1.87. The number of halogens is 2. The number of carbonyl (C=O) groups excluding carboxylic acids is 2. The number of hydrogen-bond donors (Lipinski definition) is 1. The summed E-state index contributed by atoms with van der Waals surface area (Å²) >= 11 is 5.91. The van der Waals surface area contributed by atoms with Gasteiger partial charge in [0.2, 0.25) is 11.8 Å². The number of carbonyl (C=O) groups is 2. The van der Waals surface area contributed by atoms with Crippen LogP contribution in [0, 0.1) is 24.1 Å². The van der Waals surface area contributed by atoms with Crippen LogP contribution in [0.5, 0.6) is 5.75 Å². The van der Waals surface area contributed by atoms with Crippen molar-refractivity contribution in [2.24, 2.45) is 11.3 Å². The minimum absolute atomic E-state index is 0.149. The zero-order valence-corrected chi connectivity index (χ0v) is 17.4. The quantitative estimate of drug-likeness (QED) is 0.680. The van der Waals surface area contributed by atoms with Crippen LogP contribution in [0.2, 0.25) is 5.02 Å². The molecule has 4 nitrogen and oxygen atoms in total. The van der Waals surface area contributed by atoms with Crippen molar-refractivity contribution in [1.29, 1.82) is 0 Å². The summed E-state index contributed by atoms with van der Waals surface area (Å²) < 4.78 is 13.6. The molecule has 2 amide bonds. The average molecular weight is 426 g/mol. The predicted molar refractivity (Wildman–Crippen MR) is 114 cm³/mol. The first-order valence-electron chi connectivity index (χ1n) is 9.65. The molecule has 1 aliphatic carbocycles. The van der Waals surface area contributed by atoms with E-state index in [4.69, 9.17) is 11.6 Å². The highest BCUT2D eigenvalue weighted by molar-refractivity contribution is 6.31. The maximum absolute atomic E-state index is 13.7. The molecule has 0 radical (unpaired) electrons. The van der Waals surface area contributed by atoms with Crippen molar-refractivity contribution in [3.05, 3.63) is 82.7 Å². The molecule has 1 fully saturated rings. The van der Waals surface area contributed by atoms with Gasteiger partial charge in [0.1, 0.15) is 11.6 Å². The van der Waals surface area contributed by atoms with Crippen LogP contribution in [-0.2, 0) is 9.59 Å². The Bertz CT molecular complexity index is 1130. The fourth-order valence-electron chi connectivity index (χ4n) is 4.76. The molecule has 0 unspecified atom stereocenters. The minimum atomic E-state index is -1.06. The van der Waals surface area contributed by atoms with Crippen LogP contribution in [0.15, 0.2) is 60.7 Å². The largest absolute Gasteiger partial charge is 0.508 e. The second kappa shape index (κ2) is 7.10. The number of aromatic hydroxyl groups is 1. The Morgan fingerprint density at radius 1 is 1.27 bits per heavy atom. The van der Waals surface area contributed by atoms with Crippen molar-refractivity contribution in [1.82, 2.24) is 0 Å². The van der Waals surface area contributed by atoms with Gasteiger partial charge in [-0.2, -0.15) is 0 Å². The Morgan fingerprint density at radius 3 is 2.63 bits per heavy atom.